The third kappa shape index (κ3) is 5.42. The number of nitrogens with zero attached hydrogens (tertiary/aromatic N) is 1. The highest BCUT2D eigenvalue weighted by Gasteiger charge is 2.46. The molecule has 0 aromatic heterocycles. The molecule has 6 N–H and O–H groups in total. The maximum absolute atomic E-state index is 13.6. The zero-order valence-corrected chi connectivity index (χ0v) is 13.1. The Labute approximate surface area is 134 Å². The van der Waals surface area contributed by atoms with Gasteiger partial charge in [-0.15, -0.1) is 0 Å². The van der Waals surface area contributed by atoms with Crippen molar-refractivity contribution in [2.24, 2.45) is 23.3 Å². The molecule has 8 heteroatoms. The lowest BCUT2D eigenvalue weighted by Gasteiger charge is -2.42. The topological polar surface area (TPSA) is 108 Å². The van der Waals surface area contributed by atoms with Crippen LogP contribution in [0, 0.1) is 5.92 Å². The number of hydrogen-bond donors (Lipinski definition) is 3. The summed E-state index contributed by atoms with van der Waals surface area (Å²) in [7, 11) is 0. The minimum absolute atomic E-state index is 0.0629. The molecular weight excluding hydrogens is 306 g/mol. The molecule has 1 aromatic carbocycles. The lowest BCUT2D eigenvalue weighted by Crippen LogP contribution is -2.57. The number of rotatable bonds is 3. The molecule has 2 rings (SSSR count). The fourth-order valence-electron chi connectivity index (χ4n) is 2.71. The molecule has 1 fully saturated rings. The molecule has 6 nitrogen and oxygen atoms in total. The minimum Gasteiger partial charge on any atom is -0.445 e. The van der Waals surface area contributed by atoms with Crippen molar-refractivity contribution in [3.63, 3.8) is 0 Å². The van der Waals surface area contributed by atoms with Crippen LogP contribution in [-0.4, -0.2) is 36.0 Å². The predicted octanol–water partition coefficient (Wildman–Crippen LogP) is 1.45. The molecule has 0 spiro atoms. The average molecular weight is 330 g/mol. The van der Waals surface area contributed by atoms with Gasteiger partial charge in [0, 0.05) is 13.0 Å². The van der Waals surface area contributed by atoms with E-state index < -0.39 is 24.6 Å². The van der Waals surface area contributed by atoms with E-state index in [1.54, 1.807) is 19.1 Å². The fourth-order valence-corrected chi connectivity index (χ4v) is 2.71. The van der Waals surface area contributed by atoms with Crippen LogP contribution >= 0.6 is 0 Å². The lowest BCUT2D eigenvalue weighted by atomic mass is 9.89. The summed E-state index contributed by atoms with van der Waals surface area (Å²) in [6.45, 7) is 1.26. The zero-order valence-electron chi connectivity index (χ0n) is 13.1. The second kappa shape index (κ2) is 8.76. The Morgan fingerprint density at radius 2 is 1.96 bits per heavy atom. The molecule has 0 bridgehead atoms. The van der Waals surface area contributed by atoms with Crippen molar-refractivity contribution in [3.8, 4) is 0 Å². The highest BCUT2D eigenvalue weighted by molar-refractivity contribution is 5.68. The number of benzene rings is 1. The summed E-state index contributed by atoms with van der Waals surface area (Å²) in [4.78, 5) is 13.2. The Balaban J connectivity index is 0.00000127. The van der Waals surface area contributed by atoms with Gasteiger partial charge in [0.25, 0.3) is 5.92 Å². The number of ether oxygens (including phenoxy) is 1. The van der Waals surface area contributed by atoms with E-state index in [-0.39, 0.29) is 25.5 Å². The third-order valence-electron chi connectivity index (χ3n) is 3.76. The van der Waals surface area contributed by atoms with Crippen molar-refractivity contribution in [3.05, 3.63) is 35.9 Å². The monoisotopic (exact) mass is 330 g/mol. The SMILES string of the molecule is C[C@@H]1CC(F)(F)CN(C(=O)OCc2ccccc2)[C@@H]1CN.NN. The first kappa shape index (κ1) is 19.3. The summed E-state index contributed by atoms with van der Waals surface area (Å²) in [6.07, 6.45) is -0.988. The number of nitrogens with two attached hydrogens (primary N) is 3. The molecule has 2 atom stereocenters. The van der Waals surface area contributed by atoms with E-state index in [0.717, 1.165) is 10.5 Å². The smallest absolute Gasteiger partial charge is 0.410 e. The van der Waals surface area contributed by atoms with Crippen molar-refractivity contribution in [1.82, 2.24) is 4.90 Å². The number of hydrogen-bond acceptors (Lipinski definition) is 5. The maximum Gasteiger partial charge on any atom is 0.410 e. The van der Waals surface area contributed by atoms with Crippen LogP contribution in [0.5, 0.6) is 0 Å². The van der Waals surface area contributed by atoms with Gasteiger partial charge in [0.1, 0.15) is 6.61 Å². The van der Waals surface area contributed by atoms with Gasteiger partial charge in [0.2, 0.25) is 0 Å². The average Bonchev–Trinajstić information content (AvgIpc) is 2.54. The van der Waals surface area contributed by atoms with Gasteiger partial charge < -0.3 is 10.5 Å². The molecule has 130 valence electrons. The summed E-state index contributed by atoms with van der Waals surface area (Å²) >= 11 is 0. The molecule has 1 heterocycles. The van der Waals surface area contributed by atoms with E-state index in [1.807, 2.05) is 18.2 Å². The first-order chi connectivity index (χ1) is 10.9. The molecular formula is C15H24F2N4O2. The molecule has 0 radical (unpaired) electrons. The molecule has 1 saturated heterocycles. The zero-order chi connectivity index (χ0) is 17.5. The van der Waals surface area contributed by atoms with Gasteiger partial charge >= 0.3 is 6.09 Å². The van der Waals surface area contributed by atoms with Crippen molar-refractivity contribution < 1.29 is 18.3 Å². The van der Waals surface area contributed by atoms with E-state index in [0.29, 0.717) is 0 Å². The number of carbonyl (C=O) groups excluding carboxylic acids is 1. The molecule has 1 amide bonds. The van der Waals surface area contributed by atoms with E-state index in [2.05, 4.69) is 11.7 Å². The second-order valence-electron chi connectivity index (χ2n) is 5.51. The summed E-state index contributed by atoms with van der Waals surface area (Å²) in [6, 6.07) is 8.70. The van der Waals surface area contributed by atoms with Crippen LogP contribution in [0.4, 0.5) is 13.6 Å². The van der Waals surface area contributed by atoms with Gasteiger partial charge in [0.05, 0.1) is 12.6 Å². The predicted molar refractivity (Wildman–Crippen MR) is 83.3 cm³/mol. The van der Waals surface area contributed by atoms with E-state index in [1.165, 1.54) is 0 Å². The van der Waals surface area contributed by atoms with Crippen LogP contribution in [0.2, 0.25) is 0 Å². The first-order valence-corrected chi connectivity index (χ1v) is 7.31. The molecule has 0 aliphatic carbocycles. The summed E-state index contributed by atoms with van der Waals surface area (Å²) in [5.74, 6) is 4.75. The van der Waals surface area contributed by atoms with Gasteiger partial charge in [-0.25, -0.2) is 13.6 Å². The van der Waals surface area contributed by atoms with Crippen molar-refractivity contribution in [2.45, 2.75) is 31.9 Å². The van der Waals surface area contributed by atoms with Crippen molar-refractivity contribution in [2.75, 3.05) is 13.1 Å². The van der Waals surface area contributed by atoms with Gasteiger partial charge in [-0.3, -0.25) is 16.6 Å². The lowest BCUT2D eigenvalue weighted by molar-refractivity contribution is -0.0961. The standard InChI is InChI=1S/C15H20F2N2O2.H4N2/c1-11-7-15(16,17)10-19(13(11)8-18)14(20)21-9-12-5-3-2-4-6-12;1-2/h2-6,11,13H,7-10,18H2,1H3;1-2H2/t11-,13-;/m1./s1. The fraction of sp³-hybridized carbons (Fsp3) is 0.533. The Kier molecular flexibility index (Phi) is 7.34. The number of hydrazine groups is 1. The third-order valence-corrected chi connectivity index (χ3v) is 3.76. The quantitative estimate of drug-likeness (QED) is 0.574. The Bertz CT molecular complexity index is 488. The second-order valence-corrected chi connectivity index (χ2v) is 5.51. The Hall–Kier alpha value is -1.77. The van der Waals surface area contributed by atoms with E-state index >= 15 is 0 Å². The summed E-state index contributed by atoms with van der Waals surface area (Å²) in [5.41, 5.74) is 6.44. The molecule has 0 saturated carbocycles. The molecule has 1 aliphatic rings. The van der Waals surface area contributed by atoms with Crippen LogP contribution in [0.1, 0.15) is 18.9 Å². The normalized spacial score (nSPS) is 22.8. The van der Waals surface area contributed by atoms with Crippen molar-refractivity contribution in [1.29, 1.82) is 0 Å². The summed E-state index contributed by atoms with van der Waals surface area (Å²) < 4.78 is 32.4. The van der Waals surface area contributed by atoms with E-state index in [9.17, 15) is 13.6 Å². The van der Waals surface area contributed by atoms with Crippen molar-refractivity contribution >= 4 is 6.09 Å². The number of piperidine rings is 1. The number of amides is 1. The number of likely N-dealkylation sites (tertiary alicyclic amines) is 1. The first-order valence-electron chi connectivity index (χ1n) is 7.31. The Morgan fingerprint density at radius 3 is 2.52 bits per heavy atom. The largest absolute Gasteiger partial charge is 0.445 e. The minimum atomic E-state index is -2.89. The highest BCUT2D eigenvalue weighted by Crippen LogP contribution is 2.34. The van der Waals surface area contributed by atoms with E-state index in [4.69, 9.17) is 10.5 Å². The highest BCUT2D eigenvalue weighted by atomic mass is 19.3. The Morgan fingerprint density at radius 1 is 1.35 bits per heavy atom. The number of alkyl halides is 2. The van der Waals surface area contributed by atoms with Gasteiger partial charge in [-0.2, -0.15) is 0 Å². The van der Waals surface area contributed by atoms with Gasteiger partial charge in [-0.1, -0.05) is 37.3 Å². The number of carbonyl (C=O) groups is 1. The van der Waals surface area contributed by atoms with Gasteiger partial charge in [0.15, 0.2) is 0 Å². The molecule has 23 heavy (non-hydrogen) atoms. The molecule has 1 aliphatic heterocycles. The van der Waals surface area contributed by atoms with Crippen LogP contribution in [0.3, 0.4) is 0 Å². The van der Waals surface area contributed by atoms with Crippen LogP contribution in [0.15, 0.2) is 30.3 Å². The number of halogens is 2. The van der Waals surface area contributed by atoms with Crippen LogP contribution in [-0.2, 0) is 11.3 Å². The van der Waals surface area contributed by atoms with Crippen LogP contribution < -0.4 is 17.4 Å². The maximum atomic E-state index is 13.6. The molecule has 0 unspecified atom stereocenters. The molecule has 1 aromatic rings. The summed E-state index contributed by atoms with van der Waals surface area (Å²) in [5, 5.41) is 0. The van der Waals surface area contributed by atoms with Crippen LogP contribution in [0.25, 0.3) is 0 Å². The van der Waals surface area contributed by atoms with Gasteiger partial charge in [-0.05, 0) is 11.5 Å².